The Bertz CT molecular complexity index is 676. The van der Waals surface area contributed by atoms with Crippen LogP contribution in [0.3, 0.4) is 0 Å². The summed E-state index contributed by atoms with van der Waals surface area (Å²) in [4.78, 5) is 16.1. The second-order valence-electron chi connectivity index (χ2n) is 4.01. The monoisotopic (exact) mass is 354 g/mol. The SMILES string of the molecule is O=C(Nc1cc2c(cc1Cl)OCO2)c1ccc(Br)nc1. The van der Waals surface area contributed by atoms with Gasteiger partial charge in [-0.1, -0.05) is 11.6 Å². The van der Waals surface area contributed by atoms with Crippen LogP contribution in [0.1, 0.15) is 10.4 Å². The molecule has 1 N–H and O–H groups in total. The lowest BCUT2D eigenvalue weighted by atomic mass is 10.2. The summed E-state index contributed by atoms with van der Waals surface area (Å²) < 4.78 is 11.1. The van der Waals surface area contributed by atoms with E-state index in [2.05, 4.69) is 26.2 Å². The zero-order valence-corrected chi connectivity index (χ0v) is 12.4. The maximum absolute atomic E-state index is 12.1. The maximum Gasteiger partial charge on any atom is 0.257 e. The molecule has 2 aromatic rings. The first-order valence-corrected chi connectivity index (χ1v) is 6.82. The number of aromatic nitrogens is 1. The Kier molecular flexibility index (Phi) is 3.50. The molecule has 0 aliphatic carbocycles. The lowest BCUT2D eigenvalue weighted by Crippen LogP contribution is -2.12. The first kappa shape index (κ1) is 13.2. The van der Waals surface area contributed by atoms with E-state index in [-0.39, 0.29) is 12.7 Å². The number of carbonyl (C=O) groups is 1. The van der Waals surface area contributed by atoms with Gasteiger partial charge in [-0.2, -0.15) is 0 Å². The highest BCUT2D eigenvalue weighted by Gasteiger charge is 2.18. The fourth-order valence-electron chi connectivity index (χ4n) is 1.72. The van der Waals surface area contributed by atoms with Gasteiger partial charge in [0.15, 0.2) is 11.5 Å². The first-order chi connectivity index (χ1) is 9.63. The van der Waals surface area contributed by atoms with Crippen LogP contribution in [0, 0.1) is 0 Å². The van der Waals surface area contributed by atoms with E-state index < -0.39 is 0 Å². The lowest BCUT2D eigenvalue weighted by Gasteiger charge is -2.08. The molecule has 20 heavy (non-hydrogen) atoms. The third-order valence-electron chi connectivity index (χ3n) is 2.70. The second-order valence-corrected chi connectivity index (χ2v) is 5.23. The number of halogens is 2. The minimum absolute atomic E-state index is 0.152. The molecule has 0 radical (unpaired) electrons. The fraction of sp³-hybridized carbons (Fsp3) is 0.0769. The van der Waals surface area contributed by atoms with E-state index in [4.69, 9.17) is 21.1 Å². The third-order valence-corrected chi connectivity index (χ3v) is 3.48. The van der Waals surface area contributed by atoms with Gasteiger partial charge >= 0.3 is 0 Å². The van der Waals surface area contributed by atoms with Crippen LogP contribution in [0.5, 0.6) is 11.5 Å². The number of benzene rings is 1. The van der Waals surface area contributed by atoms with E-state index in [1.165, 1.54) is 6.20 Å². The molecule has 1 amide bonds. The summed E-state index contributed by atoms with van der Waals surface area (Å²) in [6.07, 6.45) is 1.47. The van der Waals surface area contributed by atoms with Crippen LogP contribution in [-0.4, -0.2) is 17.7 Å². The highest BCUT2D eigenvalue weighted by Crippen LogP contribution is 2.39. The van der Waals surface area contributed by atoms with Crippen molar-refractivity contribution in [2.45, 2.75) is 0 Å². The Hall–Kier alpha value is -1.79. The van der Waals surface area contributed by atoms with Crippen LogP contribution in [0.2, 0.25) is 5.02 Å². The molecule has 5 nitrogen and oxygen atoms in total. The van der Waals surface area contributed by atoms with E-state index >= 15 is 0 Å². The number of hydrogen-bond donors (Lipinski definition) is 1. The Morgan fingerprint density at radius 3 is 2.75 bits per heavy atom. The quantitative estimate of drug-likeness (QED) is 0.838. The molecule has 0 atom stereocenters. The first-order valence-electron chi connectivity index (χ1n) is 5.65. The predicted molar refractivity (Wildman–Crippen MR) is 77.5 cm³/mol. The van der Waals surface area contributed by atoms with Crippen LogP contribution < -0.4 is 14.8 Å². The molecule has 0 spiro atoms. The summed E-state index contributed by atoms with van der Waals surface area (Å²) in [5.41, 5.74) is 0.894. The van der Waals surface area contributed by atoms with Crippen LogP contribution in [-0.2, 0) is 0 Å². The van der Waals surface area contributed by atoms with Crippen molar-refractivity contribution >= 4 is 39.1 Å². The molecule has 102 valence electrons. The minimum Gasteiger partial charge on any atom is -0.454 e. The molecule has 1 aliphatic rings. The van der Waals surface area contributed by atoms with Gasteiger partial charge in [-0.15, -0.1) is 0 Å². The number of pyridine rings is 1. The van der Waals surface area contributed by atoms with Gasteiger partial charge in [0.05, 0.1) is 16.3 Å². The van der Waals surface area contributed by atoms with Crippen molar-refractivity contribution in [3.05, 3.63) is 45.7 Å². The third kappa shape index (κ3) is 2.57. The second kappa shape index (κ2) is 5.30. The molecule has 0 unspecified atom stereocenters. The van der Waals surface area contributed by atoms with Gasteiger partial charge in [-0.05, 0) is 28.1 Å². The van der Waals surface area contributed by atoms with E-state index in [0.29, 0.717) is 32.4 Å². The highest BCUT2D eigenvalue weighted by molar-refractivity contribution is 9.10. The molecule has 0 bridgehead atoms. The van der Waals surface area contributed by atoms with E-state index in [1.54, 1.807) is 24.3 Å². The lowest BCUT2D eigenvalue weighted by molar-refractivity contribution is 0.102. The summed E-state index contributed by atoms with van der Waals surface area (Å²) in [6, 6.07) is 6.59. The number of fused-ring (bicyclic) bond motifs is 1. The standard InChI is InChI=1S/C13H8BrClN2O3/c14-12-2-1-7(5-16-12)13(18)17-9-4-11-10(3-8(9)15)19-6-20-11/h1-5H,6H2,(H,17,18). The van der Waals surface area contributed by atoms with Gasteiger partial charge < -0.3 is 14.8 Å². The maximum atomic E-state index is 12.1. The molecular weight excluding hydrogens is 348 g/mol. The smallest absolute Gasteiger partial charge is 0.257 e. The summed E-state index contributed by atoms with van der Waals surface area (Å²) in [7, 11) is 0. The topological polar surface area (TPSA) is 60.5 Å². The molecule has 1 aromatic carbocycles. The van der Waals surface area contributed by atoms with Gasteiger partial charge in [-0.3, -0.25) is 4.79 Å². The zero-order valence-electron chi connectivity index (χ0n) is 10.0. The summed E-state index contributed by atoms with van der Waals surface area (Å²) in [5.74, 6) is 0.822. The molecule has 0 saturated carbocycles. The molecule has 0 saturated heterocycles. The van der Waals surface area contributed by atoms with Crippen molar-refractivity contribution in [1.29, 1.82) is 0 Å². The number of rotatable bonds is 2. The predicted octanol–water partition coefficient (Wildman–Crippen LogP) is 3.48. The molecule has 1 aliphatic heterocycles. The molecule has 2 heterocycles. The summed E-state index contributed by atoms with van der Waals surface area (Å²) >= 11 is 9.30. The largest absolute Gasteiger partial charge is 0.454 e. The molecule has 1 aromatic heterocycles. The average Bonchev–Trinajstić information content (AvgIpc) is 2.87. The Labute approximate surface area is 128 Å². The van der Waals surface area contributed by atoms with Crippen LogP contribution in [0.25, 0.3) is 0 Å². The van der Waals surface area contributed by atoms with Crippen LogP contribution >= 0.6 is 27.5 Å². The Morgan fingerprint density at radius 1 is 1.30 bits per heavy atom. The van der Waals surface area contributed by atoms with Crippen molar-refractivity contribution in [2.24, 2.45) is 0 Å². The van der Waals surface area contributed by atoms with Gasteiger partial charge in [-0.25, -0.2) is 4.98 Å². The summed E-state index contributed by atoms with van der Waals surface area (Å²) in [6.45, 7) is 0.152. The number of nitrogens with one attached hydrogen (secondary N) is 1. The Balaban J connectivity index is 1.84. The zero-order chi connectivity index (χ0) is 14.1. The summed E-state index contributed by atoms with van der Waals surface area (Å²) in [5, 5.41) is 3.10. The number of nitrogens with zero attached hydrogens (tertiary/aromatic N) is 1. The minimum atomic E-state index is -0.300. The fourth-order valence-corrected chi connectivity index (χ4v) is 2.15. The number of ether oxygens (including phenoxy) is 2. The highest BCUT2D eigenvalue weighted by atomic mass is 79.9. The van der Waals surface area contributed by atoms with Gasteiger partial charge in [0.1, 0.15) is 4.60 Å². The van der Waals surface area contributed by atoms with Crippen molar-refractivity contribution in [1.82, 2.24) is 4.98 Å². The average molecular weight is 356 g/mol. The Morgan fingerprint density at radius 2 is 2.05 bits per heavy atom. The number of anilines is 1. The van der Waals surface area contributed by atoms with E-state index in [9.17, 15) is 4.79 Å². The van der Waals surface area contributed by atoms with Gasteiger partial charge in [0, 0.05) is 18.3 Å². The van der Waals surface area contributed by atoms with E-state index in [1.807, 2.05) is 0 Å². The van der Waals surface area contributed by atoms with Crippen molar-refractivity contribution in [3.8, 4) is 11.5 Å². The van der Waals surface area contributed by atoms with Crippen LogP contribution in [0.4, 0.5) is 5.69 Å². The van der Waals surface area contributed by atoms with Crippen molar-refractivity contribution < 1.29 is 14.3 Å². The van der Waals surface area contributed by atoms with E-state index in [0.717, 1.165) is 0 Å². The number of carbonyl (C=O) groups excluding carboxylic acids is 1. The van der Waals surface area contributed by atoms with Crippen molar-refractivity contribution in [2.75, 3.05) is 12.1 Å². The molecule has 0 fully saturated rings. The van der Waals surface area contributed by atoms with Gasteiger partial charge in [0.25, 0.3) is 5.91 Å². The normalized spacial score (nSPS) is 12.3. The molecule has 7 heteroatoms. The van der Waals surface area contributed by atoms with Crippen LogP contribution in [0.15, 0.2) is 35.1 Å². The molecular formula is C13H8BrClN2O3. The van der Waals surface area contributed by atoms with Gasteiger partial charge in [0.2, 0.25) is 6.79 Å². The number of hydrogen-bond acceptors (Lipinski definition) is 4. The molecule has 3 rings (SSSR count). The van der Waals surface area contributed by atoms with Crippen molar-refractivity contribution in [3.63, 3.8) is 0 Å². The number of amides is 1.